The van der Waals surface area contributed by atoms with Crippen LogP contribution in [0.15, 0.2) is 0 Å². The SMILES string of the molecule is CCOC1CC(NC2CCCCC2)(C(=O)OC)C1. The van der Waals surface area contributed by atoms with Gasteiger partial charge in [-0.15, -0.1) is 0 Å². The van der Waals surface area contributed by atoms with Gasteiger partial charge in [-0.05, 0) is 19.8 Å². The maximum absolute atomic E-state index is 12.0. The second-order valence-corrected chi connectivity index (χ2v) is 5.54. The van der Waals surface area contributed by atoms with Crippen molar-refractivity contribution >= 4 is 5.97 Å². The van der Waals surface area contributed by atoms with Crippen molar-refractivity contribution in [1.29, 1.82) is 0 Å². The molecule has 0 unspecified atom stereocenters. The van der Waals surface area contributed by atoms with Crippen LogP contribution in [0.25, 0.3) is 0 Å². The number of rotatable bonds is 5. The summed E-state index contributed by atoms with van der Waals surface area (Å²) >= 11 is 0. The van der Waals surface area contributed by atoms with E-state index in [0.717, 1.165) is 12.8 Å². The van der Waals surface area contributed by atoms with Crippen LogP contribution in [0.4, 0.5) is 0 Å². The third-order valence-corrected chi connectivity index (χ3v) is 4.22. The Hall–Kier alpha value is -0.610. The molecular weight excluding hydrogens is 230 g/mol. The topological polar surface area (TPSA) is 47.6 Å². The molecule has 0 radical (unpaired) electrons. The van der Waals surface area contributed by atoms with E-state index < -0.39 is 5.54 Å². The molecule has 0 heterocycles. The van der Waals surface area contributed by atoms with Gasteiger partial charge in [-0.25, -0.2) is 0 Å². The lowest BCUT2D eigenvalue weighted by Gasteiger charge is -2.47. The van der Waals surface area contributed by atoms with Crippen molar-refractivity contribution in [2.75, 3.05) is 13.7 Å². The van der Waals surface area contributed by atoms with Crippen LogP contribution in [0.2, 0.25) is 0 Å². The second-order valence-electron chi connectivity index (χ2n) is 5.54. The molecule has 2 aliphatic rings. The van der Waals surface area contributed by atoms with Crippen molar-refractivity contribution in [2.45, 2.75) is 69.6 Å². The van der Waals surface area contributed by atoms with Crippen molar-refractivity contribution < 1.29 is 14.3 Å². The lowest BCUT2D eigenvalue weighted by Crippen LogP contribution is -2.66. The Morgan fingerprint density at radius 2 is 1.94 bits per heavy atom. The molecule has 104 valence electrons. The highest BCUT2D eigenvalue weighted by molar-refractivity contribution is 5.82. The van der Waals surface area contributed by atoms with Gasteiger partial charge in [-0.1, -0.05) is 19.3 Å². The number of hydrogen-bond donors (Lipinski definition) is 1. The van der Waals surface area contributed by atoms with Gasteiger partial charge in [0.05, 0.1) is 13.2 Å². The van der Waals surface area contributed by atoms with Crippen LogP contribution >= 0.6 is 0 Å². The number of hydrogen-bond acceptors (Lipinski definition) is 4. The summed E-state index contributed by atoms with van der Waals surface area (Å²) in [5, 5.41) is 3.55. The first kappa shape index (κ1) is 13.8. The van der Waals surface area contributed by atoms with Gasteiger partial charge in [0.25, 0.3) is 0 Å². The van der Waals surface area contributed by atoms with E-state index in [1.165, 1.54) is 39.2 Å². The van der Waals surface area contributed by atoms with E-state index in [-0.39, 0.29) is 12.1 Å². The molecule has 0 aromatic heterocycles. The summed E-state index contributed by atoms with van der Waals surface area (Å²) in [5.74, 6) is -0.121. The predicted octanol–water partition coefficient (Wildman–Crippen LogP) is 2.02. The van der Waals surface area contributed by atoms with Gasteiger partial charge in [-0.2, -0.15) is 0 Å². The minimum Gasteiger partial charge on any atom is -0.468 e. The molecule has 2 rings (SSSR count). The third kappa shape index (κ3) is 2.86. The summed E-state index contributed by atoms with van der Waals surface area (Å²) in [7, 11) is 1.47. The van der Waals surface area contributed by atoms with Crippen LogP contribution in [0.5, 0.6) is 0 Å². The Balaban J connectivity index is 1.92. The van der Waals surface area contributed by atoms with Crippen molar-refractivity contribution in [3.8, 4) is 0 Å². The Morgan fingerprint density at radius 3 is 2.50 bits per heavy atom. The quantitative estimate of drug-likeness (QED) is 0.764. The van der Waals surface area contributed by atoms with Crippen LogP contribution in [-0.2, 0) is 14.3 Å². The lowest BCUT2D eigenvalue weighted by atomic mass is 9.73. The molecule has 4 nitrogen and oxygen atoms in total. The monoisotopic (exact) mass is 255 g/mol. The molecule has 0 bridgehead atoms. The summed E-state index contributed by atoms with van der Waals surface area (Å²) in [5.41, 5.74) is -0.476. The van der Waals surface area contributed by atoms with E-state index in [0.29, 0.717) is 12.6 Å². The summed E-state index contributed by atoms with van der Waals surface area (Å²) in [4.78, 5) is 12.0. The zero-order chi connectivity index (χ0) is 13.0. The minimum absolute atomic E-state index is 0.121. The minimum atomic E-state index is -0.476. The van der Waals surface area contributed by atoms with E-state index in [9.17, 15) is 4.79 Å². The summed E-state index contributed by atoms with van der Waals surface area (Å²) in [6.07, 6.45) is 7.94. The zero-order valence-electron chi connectivity index (χ0n) is 11.5. The van der Waals surface area contributed by atoms with Crippen molar-refractivity contribution in [3.63, 3.8) is 0 Å². The molecule has 2 saturated carbocycles. The van der Waals surface area contributed by atoms with Crippen LogP contribution in [0, 0.1) is 0 Å². The van der Waals surface area contributed by atoms with Gasteiger partial charge in [-0.3, -0.25) is 10.1 Å². The molecule has 0 atom stereocenters. The fourth-order valence-corrected chi connectivity index (χ4v) is 3.25. The van der Waals surface area contributed by atoms with Crippen molar-refractivity contribution in [1.82, 2.24) is 5.32 Å². The average Bonchev–Trinajstić information content (AvgIpc) is 2.36. The number of methoxy groups -OCH3 is 1. The van der Waals surface area contributed by atoms with E-state index >= 15 is 0 Å². The molecule has 1 N–H and O–H groups in total. The molecule has 2 aliphatic carbocycles. The Kier molecular flexibility index (Phi) is 4.62. The van der Waals surface area contributed by atoms with Gasteiger partial charge >= 0.3 is 5.97 Å². The van der Waals surface area contributed by atoms with E-state index in [1.54, 1.807) is 0 Å². The molecule has 0 amide bonds. The highest BCUT2D eigenvalue weighted by atomic mass is 16.5. The van der Waals surface area contributed by atoms with Crippen molar-refractivity contribution in [2.24, 2.45) is 0 Å². The molecule has 18 heavy (non-hydrogen) atoms. The predicted molar refractivity (Wildman–Crippen MR) is 69.4 cm³/mol. The van der Waals surface area contributed by atoms with Crippen LogP contribution < -0.4 is 5.32 Å². The standard InChI is InChI=1S/C14H25NO3/c1-3-18-12-9-14(10-12,13(16)17-2)15-11-7-5-4-6-8-11/h11-12,15H,3-10H2,1-2H3. The maximum Gasteiger partial charge on any atom is 0.326 e. The maximum atomic E-state index is 12.0. The Morgan fingerprint density at radius 1 is 1.28 bits per heavy atom. The number of ether oxygens (including phenoxy) is 2. The summed E-state index contributed by atoms with van der Waals surface area (Å²) in [6, 6.07) is 0.473. The van der Waals surface area contributed by atoms with E-state index in [1.807, 2.05) is 6.92 Å². The molecule has 0 aromatic carbocycles. The zero-order valence-corrected chi connectivity index (χ0v) is 11.5. The average molecular weight is 255 g/mol. The normalized spacial score (nSPS) is 32.9. The highest BCUT2D eigenvalue weighted by Crippen LogP contribution is 2.37. The molecule has 2 fully saturated rings. The number of esters is 1. The fraction of sp³-hybridized carbons (Fsp3) is 0.929. The van der Waals surface area contributed by atoms with Gasteiger partial charge in [0.15, 0.2) is 0 Å². The second kappa shape index (κ2) is 6.02. The number of carbonyl (C=O) groups is 1. The van der Waals surface area contributed by atoms with Gasteiger partial charge < -0.3 is 9.47 Å². The van der Waals surface area contributed by atoms with E-state index in [2.05, 4.69) is 5.32 Å². The summed E-state index contributed by atoms with van der Waals surface area (Å²) < 4.78 is 10.5. The largest absolute Gasteiger partial charge is 0.468 e. The van der Waals surface area contributed by atoms with Crippen LogP contribution in [0.3, 0.4) is 0 Å². The lowest BCUT2D eigenvalue weighted by molar-refractivity contribution is -0.162. The molecule has 0 spiro atoms. The first-order valence-corrected chi connectivity index (χ1v) is 7.18. The Bertz CT molecular complexity index is 281. The van der Waals surface area contributed by atoms with Crippen LogP contribution in [-0.4, -0.2) is 37.4 Å². The number of carbonyl (C=O) groups excluding carboxylic acids is 1. The van der Waals surface area contributed by atoms with Crippen LogP contribution in [0.1, 0.15) is 51.9 Å². The van der Waals surface area contributed by atoms with Gasteiger partial charge in [0.1, 0.15) is 5.54 Å². The molecule has 0 saturated heterocycles. The molecule has 0 aromatic rings. The molecular formula is C14H25NO3. The molecule has 0 aliphatic heterocycles. The highest BCUT2D eigenvalue weighted by Gasteiger charge is 2.52. The first-order valence-electron chi connectivity index (χ1n) is 7.18. The first-order chi connectivity index (χ1) is 8.70. The molecule has 4 heteroatoms. The number of nitrogens with one attached hydrogen (secondary N) is 1. The third-order valence-electron chi connectivity index (χ3n) is 4.22. The van der Waals surface area contributed by atoms with Gasteiger partial charge in [0.2, 0.25) is 0 Å². The van der Waals surface area contributed by atoms with Gasteiger partial charge in [0, 0.05) is 25.5 Å². The van der Waals surface area contributed by atoms with E-state index in [4.69, 9.17) is 9.47 Å². The Labute approximate surface area is 109 Å². The smallest absolute Gasteiger partial charge is 0.326 e. The summed E-state index contributed by atoms with van der Waals surface area (Å²) in [6.45, 7) is 2.71. The van der Waals surface area contributed by atoms with Crippen molar-refractivity contribution in [3.05, 3.63) is 0 Å². The fourth-order valence-electron chi connectivity index (χ4n) is 3.25.